The number of ketones is 1. The number of carbonyl (C=O) groups is 2. The summed E-state index contributed by atoms with van der Waals surface area (Å²) < 4.78 is 50.4. The Bertz CT molecular complexity index is 569. The fourth-order valence-electron chi connectivity index (χ4n) is 1.80. The molecule has 0 radical (unpaired) electrons. The summed E-state index contributed by atoms with van der Waals surface area (Å²) in [5.41, 5.74) is -0.502. The second kappa shape index (κ2) is 4.22. The van der Waals surface area contributed by atoms with Crippen LogP contribution in [0.4, 0.5) is 28.9 Å². The van der Waals surface area contributed by atoms with E-state index in [1.807, 2.05) is 0 Å². The van der Waals surface area contributed by atoms with Crippen molar-refractivity contribution in [2.24, 2.45) is 0 Å². The molecule has 8 heteroatoms. The van der Waals surface area contributed by atoms with E-state index in [4.69, 9.17) is 0 Å². The van der Waals surface area contributed by atoms with Gasteiger partial charge in [-0.25, -0.2) is 4.39 Å². The number of amides is 1. The van der Waals surface area contributed by atoms with E-state index in [1.54, 1.807) is 0 Å². The first-order chi connectivity index (χ1) is 8.69. The van der Waals surface area contributed by atoms with E-state index < -0.39 is 30.2 Å². The molecule has 0 saturated heterocycles. The molecule has 1 aliphatic rings. The van der Waals surface area contributed by atoms with Crippen molar-refractivity contribution in [2.45, 2.75) is 6.18 Å². The van der Waals surface area contributed by atoms with Crippen molar-refractivity contribution in [2.75, 3.05) is 23.8 Å². The SMILES string of the molecule is CN(CC(F)(F)F)c1cc2c(cc1F)C(=O)C(=O)N2. The summed E-state index contributed by atoms with van der Waals surface area (Å²) in [6, 6.07) is 1.77. The number of Topliss-reactive ketones (excluding diaryl/α,β-unsaturated/α-hetero) is 1. The van der Waals surface area contributed by atoms with E-state index in [2.05, 4.69) is 5.32 Å². The standard InChI is InChI=1S/C11H8F4N2O2/c1-17(4-11(13,14)15)8-3-7-5(2-6(8)12)9(18)10(19)16-7/h2-3H,4H2,1H3,(H,16,18,19). The average molecular weight is 276 g/mol. The van der Waals surface area contributed by atoms with Gasteiger partial charge >= 0.3 is 6.18 Å². The molecule has 2 rings (SSSR count). The maximum Gasteiger partial charge on any atom is 0.405 e. The number of halogens is 4. The number of fused-ring (bicyclic) bond motifs is 1. The second-order valence-electron chi connectivity index (χ2n) is 4.10. The number of nitrogens with zero attached hydrogens (tertiary/aromatic N) is 1. The Morgan fingerprint density at radius 2 is 1.89 bits per heavy atom. The van der Waals surface area contributed by atoms with Crippen LogP contribution in [0.5, 0.6) is 0 Å². The Morgan fingerprint density at radius 1 is 1.26 bits per heavy atom. The quantitative estimate of drug-likeness (QED) is 0.663. The summed E-state index contributed by atoms with van der Waals surface area (Å²) in [6.45, 7) is -1.34. The maximum atomic E-state index is 13.7. The van der Waals surface area contributed by atoms with Crippen LogP contribution in [0.1, 0.15) is 10.4 Å². The van der Waals surface area contributed by atoms with Crippen LogP contribution in [-0.2, 0) is 4.79 Å². The lowest BCUT2D eigenvalue weighted by Crippen LogP contribution is -2.31. The highest BCUT2D eigenvalue weighted by atomic mass is 19.4. The van der Waals surface area contributed by atoms with Crippen molar-refractivity contribution < 1.29 is 27.2 Å². The molecule has 19 heavy (non-hydrogen) atoms. The highest BCUT2D eigenvalue weighted by Crippen LogP contribution is 2.31. The third-order valence-electron chi connectivity index (χ3n) is 2.61. The molecule has 0 fully saturated rings. The molecule has 0 unspecified atom stereocenters. The van der Waals surface area contributed by atoms with Crippen LogP contribution in [-0.4, -0.2) is 31.5 Å². The van der Waals surface area contributed by atoms with Gasteiger partial charge in [0.05, 0.1) is 16.9 Å². The number of carbonyl (C=O) groups excluding carboxylic acids is 2. The molecule has 1 amide bonds. The lowest BCUT2D eigenvalue weighted by Gasteiger charge is -2.21. The number of alkyl halides is 3. The zero-order chi connectivity index (χ0) is 14.4. The van der Waals surface area contributed by atoms with Crippen LogP contribution in [0.3, 0.4) is 0 Å². The van der Waals surface area contributed by atoms with Crippen molar-refractivity contribution in [1.82, 2.24) is 0 Å². The van der Waals surface area contributed by atoms with Crippen molar-refractivity contribution >= 4 is 23.1 Å². The second-order valence-corrected chi connectivity index (χ2v) is 4.10. The maximum absolute atomic E-state index is 13.7. The number of hydrogen-bond acceptors (Lipinski definition) is 3. The molecule has 1 aliphatic heterocycles. The third kappa shape index (κ3) is 2.51. The summed E-state index contributed by atoms with van der Waals surface area (Å²) in [6.07, 6.45) is -4.49. The van der Waals surface area contributed by atoms with Crippen LogP contribution in [0.2, 0.25) is 0 Å². The first-order valence-electron chi connectivity index (χ1n) is 5.16. The molecule has 0 bridgehead atoms. The van der Waals surface area contributed by atoms with Crippen molar-refractivity contribution in [1.29, 1.82) is 0 Å². The largest absolute Gasteiger partial charge is 0.405 e. The minimum absolute atomic E-state index is 0.0143. The van der Waals surface area contributed by atoms with Crippen LogP contribution in [0, 0.1) is 5.82 Å². The van der Waals surface area contributed by atoms with Crippen molar-refractivity contribution in [3.63, 3.8) is 0 Å². The van der Waals surface area contributed by atoms with Gasteiger partial charge in [0, 0.05) is 7.05 Å². The predicted molar refractivity (Wildman–Crippen MR) is 58.7 cm³/mol. The average Bonchev–Trinajstić information content (AvgIpc) is 2.52. The van der Waals surface area contributed by atoms with Gasteiger partial charge in [-0.3, -0.25) is 9.59 Å². The minimum Gasteiger partial charge on any atom is -0.363 e. The Labute approximate surface area is 105 Å². The Kier molecular flexibility index (Phi) is 2.95. The van der Waals surface area contributed by atoms with Gasteiger partial charge in [0.2, 0.25) is 0 Å². The van der Waals surface area contributed by atoms with Gasteiger partial charge in [-0.1, -0.05) is 0 Å². The number of hydrogen-bond donors (Lipinski definition) is 1. The molecule has 0 spiro atoms. The van der Waals surface area contributed by atoms with Crippen molar-refractivity contribution in [3.05, 3.63) is 23.5 Å². The van der Waals surface area contributed by atoms with E-state index in [0.717, 1.165) is 19.2 Å². The van der Waals surface area contributed by atoms with Crippen LogP contribution >= 0.6 is 0 Å². The molecule has 0 aromatic heterocycles. The van der Waals surface area contributed by atoms with E-state index in [9.17, 15) is 27.2 Å². The molecule has 1 heterocycles. The van der Waals surface area contributed by atoms with Gasteiger partial charge in [-0.05, 0) is 12.1 Å². The number of nitrogens with one attached hydrogen (secondary N) is 1. The summed E-state index contributed by atoms with van der Waals surface area (Å²) in [5.74, 6) is -2.82. The Balaban J connectivity index is 2.37. The minimum atomic E-state index is -4.49. The van der Waals surface area contributed by atoms with Crippen molar-refractivity contribution in [3.8, 4) is 0 Å². The highest BCUT2D eigenvalue weighted by molar-refractivity contribution is 6.51. The molecule has 1 aromatic carbocycles. The van der Waals surface area contributed by atoms with Crippen LogP contribution < -0.4 is 10.2 Å². The van der Waals surface area contributed by atoms with Crippen LogP contribution in [0.15, 0.2) is 12.1 Å². The monoisotopic (exact) mass is 276 g/mol. The first-order valence-corrected chi connectivity index (χ1v) is 5.16. The van der Waals surface area contributed by atoms with E-state index >= 15 is 0 Å². The summed E-state index contributed by atoms with van der Waals surface area (Å²) in [7, 11) is 1.07. The predicted octanol–water partition coefficient (Wildman–Crippen LogP) is 1.96. The molecule has 0 atom stereocenters. The zero-order valence-corrected chi connectivity index (χ0v) is 9.64. The normalized spacial score (nSPS) is 14.4. The molecule has 0 saturated carbocycles. The highest BCUT2D eigenvalue weighted by Gasteiger charge is 2.33. The lowest BCUT2D eigenvalue weighted by atomic mass is 10.1. The van der Waals surface area contributed by atoms with E-state index in [-0.39, 0.29) is 16.9 Å². The zero-order valence-electron chi connectivity index (χ0n) is 9.64. The Morgan fingerprint density at radius 3 is 2.47 bits per heavy atom. The molecular formula is C11H8F4N2O2. The Hall–Kier alpha value is -2.12. The number of anilines is 2. The molecule has 0 aliphatic carbocycles. The lowest BCUT2D eigenvalue weighted by molar-refractivity contribution is -0.119. The number of benzene rings is 1. The van der Waals surface area contributed by atoms with Gasteiger partial charge in [0.15, 0.2) is 0 Å². The van der Waals surface area contributed by atoms with Gasteiger partial charge in [-0.15, -0.1) is 0 Å². The fourth-order valence-corrected chi connectivity index (χ4v) is 1.80. The van der Waals surface area contributed by atoms with E-state index in [1.165, 1.54) is 0 Å². The van der Waals surface area contributed by atoms with E-state index in [0.29, 0.717) is 4.90 Å². The molecule has 102 valence electrons. The molecule has 1 N–H and O–H groups in total. The molecule has 1 aromatic rings. The molecular weight excluding hydrogens is 268 g/mol. The summed E-state index contributed by atoms with van der Waals surface area (Å²) in [5, 5.41) is 2.17. The third-order valence-corrected chi connectivity index (χ3v) is 2.61. The van der Waals surface area contributed by atoms with Gasteiger partial charge in [0.1, 0.15) is 12.4 Å². The topological polar surface area (TPSA) is 49.4 Å². The first kappa shape index (κ1) is 13.3. The van der Waals surface area contributed by atoms with Gasteiger partial charge in [0.25, 0.3) is 11.7 Å². The van der Waals surface area contributed by atoms with Gasteiger partial charge in [-0.2, -0.15) is 13.2 Å². The number of rotatable bonds is 2. The fraction of sp³-hybridized carbons (Fsp3) is 0.273. The molecule has 4 nitrogen and oxygen atoms in total. The smallest absolute Gasteiger partial charge is 0.363 e. The van der Waals surface area contributed by atoms with Gasteiger partial charge < -0.3 is 10.2 Å². The summed E-state index contributed by atoms with van der Waals surface area (Å²) >= 11 is 0. The van der Waals surface area contributed by atoms with Crippen LogP contribution in [0.25, 0.3) is 0 Å². The summed E-state index contributed by atoms with van der Waals surface area (Å²) in [4.78, 5) is 23.0.